The molecule has 3 aromatic rings. The summed E-state index contributed by atoms with van der Waals surface area (Å²) in [5.41, 5.74) is 2.61. The van der Waals surface area contributed by atoms with Gasteiger partial charge in [-0.25, -0.2) is 4.99 Å². The first kappa shape index (κ1) is 24.1. The predicted molar refractivity (Wildman–Crippen MR) is 144 cm³/mol. The van der Waals surface area contributed by atoms with Gasteiger partial charge in [-0.2, -0.15) is 0 Å². The van der Waals surface area contributed by atoms with Gasteiger partial charge in [0.15, 0.2) is 16.7 Å². The van der Waals surface area contributed by atoms with Gasteiger partial charge in [-0.3, -0.25) is 4.79 Å². The normalized spacial score (nSPS) is 15.7. The first-order valence-electron chi connectivity index (χ1n) is 9.71. The number of nitrogens with one attached hydrogen (secondary N) is 1. The van der Waals surface area contributed by atoms with Crippen LogP contribution in [0.1, 0.15) is 11.1 Å². The largest absolute Gasteiger partial charge is 0.493 e. The van der Waals surface area contributed by atoms with Crippen LogP contribution in [-0.4, -0.2) is 18.2 Å². The molecular weight excluding hydrogens is 636 g/mol. The van der Waals surface area contributed by atoms with Gasteiger partial charge in [0.05, 0.1) is 17.7 Å². The monoisotopic (exact) mass is 650 g/mol. The minimum absolute atomic E-state index is 0.185. The van der Waals surface area contributed by atoms with Crippen molar-refractivity contribution in [3.05, 3.63) is 90.1 Å². The molecule has 9 heteroatoms. The Morgan fingerprint density at radius 3 is 2.45 bits per heavy atom. The van der Waals surface area contributed by atoms with E-state index >= 15 is 0 Å². The van der Waals surface area contributed by atoms with Crippen LogP contribution in [0.15, 0.2) is 84.0 Å². The molecular formula is C24H17Br3N2O3S. The van der Waals surface area contributed by atoms with Crippen LogP contribution in [0.4, 0.5) is 5.69 Å². The molecule has 4 rings (SSSR count). The van der Waals surface area contributed by atoms with Crippen molar-refractivity contribution in [1.29, 1.82) is 0 Å². The number of hydrogen-bond acceptors (Lipinski definition) is 5. The van der Waals surface area contributed by atoms with E-state index in [-0.39, 0.29) is 5.91 Å². The predicted octanol–water partition coefficient (Wildman–Crippen LogP) is 7.45. The number of nitrogens with zero attached hydrogens (tertiary/aromatic N) is 1. The van der Waals surface area contributed by atoms with Crippen molar-refractivity contribution < 1.29 is 14.3 Å². The third-order valence-corrected chi connectivity index (χ3v) is 7.26. The molecule has 3 aromatic carbocycles. The maximum Gasteiger partial charge on any atom is 0.264 e. The van der Waals surface area contributed by atoms with Crippen LogP contribution in [0.25, 0.3) is 6.08 Å². The van der Waals surface area contributed by atoms with E-state index in [1.807, 2.05) is 66.7 Å². The van der Waals surface area contributed by atoms with Crippen molar-refractivity contribution in [3.63, 3.8) is 0 Å². The number of methoxy groups -OCH3 is 1. The van der Waals surface area contributed by atoms with Crippen LogP contribution < -0.4 is 14.8 Å². The second kappa shape index (κ2) is 10.9. The quantitative estimate of drug-likeness (QED) is 0.281. The van der Waals surface area contributed by atoms with Crippen LogP contribution in [-0.2, 0) is 11.4 Å². The van der Waals surface area contributed by atoms with Gasteiger partial charge in [-0.1, -0.05) is 59.9 Å². The number of benzene rings is 3. The van der Waals surface area contributed by atoms with Crippen molar-refractivity contribution in [3.8, 4) is 11.5 Å². The zero-order chi connectivity index (χ0) is 23.4. The molecule has 0 unspecified atom stereocenters. The third kappa shape index (κ3) is 6.29. The molecule has 1 fully saturated rings. The molecule has 0 saturated carbocycles. The second-order valence-electron chi connectivity index (χ2n) is 6.89. The maximum absolute atomic E-state index is 12.4. The summed E-state index contributed by atoms with van der Waals surface area (Å²) >= 11 is 11.7. The molecule has 0 bridgehead atoms. The Bertz CT molecular complexity index is 1260. The summed E-state index contributed by atoms with van der Waals surface area (Å²) in [6.45, 7) is 0.388. The molecule has 0 atom stereocenters. The lowest BCUT2D eigenvalue weighted by Crippen LogP contribution is -2.19. The zero-order valence-corrected chi connectivity index (χ0v) is 22.8. The smallest absolute Gasteiger partial charge is 0.264 e. The van der Waals surface area contributed by atoms with Crippen LogP contribution in [0.3, 0.4) is 0 Å². The number of thioether (sulfide) groups is 1. The van der Waals surface area contributed by atoms with E-state index in [9.17, 15) is 4.79 Å². The topological polar surface area (TPSA) is 59.9 Å². The molecule has 1 aliphatic rings. The van der Waals surface area contributed by atoms with E-state index in [1.165, 1.54) is 11.8 Å². The molecule has 5 nitrogen and oxygen atoms in total. The maximum atomic E-state index is 12.4. The van der Waals surface area contributed by atoms with E-state index in [1.54, 1.807) is 7.11 Å². The molecule has 0 radical (unpaired) electrons. The SMILES string of the molecule is COc1cc(/C=C2\SC(=Nc3ccc(Br)cc3)NC2=O)ccc1OCc1ccc(Br)cc1Br. The first-order chi connectivity index (χ1) is 15.9. The number of halogens is 3. The standard InChI is InChI=1S/C24H17Br3N2O3S/c1-31-21-10-14(2-9-20(21)32-13-15-3-4-17(26)12-19(15)27)11-22-23(30)29-24(33-22)28-18-7-5-16(25)6-8-18/h2-12H,13H2,1H3,(H,28,29,30)/b22-11-. The lowest BCUT2D eigenvalue weighted by molar-refractivity contribution is -0.115. The van der Waals surface area contributed by atoms with E-state index in [0.717, 1.165) is 30.2 Å². The molecule has 168 valence electrons. The summed E-state index contributed by atoms with van der Waals surface area (Å²) in [6, 6.07) is 19.1. The third-order valence-electron chi connectivity index (χ3n) is 4.59. The average molecular weight is 653 g/mol. The minimum Gasteiger partial charge on any atom is -0.493 e. The van der Waals surface area contributed by atoms with E-state index in [0.29, 0.717) is 28.2 Å². The van der Waals surface area contributed by atoms with Gasteiger partial charge in [-0.05, 0) is 71.9 Å². The number of rotatable bonds is 6. The fraction of sp³-hybridized carbons (Fsp3) is 0.0833. The molecule has 1 aliphatic heterocycles. The average Bonchev–Trinajstić information content (AvgIpc) is 3.13. The zero-order valence-electron chi connectivity index (χ0n) is 17.3. The van der Waals surface area contributed by atoms with Gasteiger partial charge in [0, 0.05) is 19.0 Å². The molecule has 0 aliphatic carbocycles. The van der Waals surface area contributed by atoms with Gasteiger partial charge in [0.2, 0.25) is 0 Å². The fourth-order valence-electron chi connectivity index (χ4n) is 2.95. The van der Waals surface area contributed by atoms with Crippen molar-refractivity contribution in [1.82, 2.24) is 5.32 Å². The summed E-state index contributed by atoms with van der Waals surface area (Å²) in [6.07, 6.45) is 1.81. The molecule has 33 heavy (non-hydrogen) atoms. The van der Waals surface area contributed by atoms with E-state index in [4.69, 9.17) is 9.47 Å². The first-order valence-corrected chi connectivity index (χ1v) is 12.9. The van der Waals surface area contributed by atoms with Crippen molar-refractivity contribution >= 4 is 82.4 Å². The minimum atomic E-state index is -0.185. The molecule has 0 aromatic heterocycles. The lowest BCUT2D eigenvalue weighted by atomic mass is 10.2. The number of hydrogen-bond donors (Lipinski definition) is 1. The van der Waals surface area contributed by atoms with Crippen LogP contribution >= 0.6 is 59.6 Å². The molecule has 1 amide bonds. The molecule has 0 spiro atoms. The van der Waals surface area contributed by atoms with E-state index < -0.39 is 0 Å². The highest BCUT2D eigenvalue weighted by molar-refractivity contribution is 9.11. The van der Waals surface area contributed by atoms with Crippen LogP contribution in [0.5, 0.6) is 11.5 Å². The summed E-state index contributed by atoms with van der Waals surface area (Å²) in [5.74, 6) is 1.02. The highest BCUT2D eigenvalue weighted by Crippen LogP contribution is 2.33. The summed E-state index contributed by atoms with van der Waals surface area (Å²) < 4.78 is 14.4. The Kier molecular flexibility index (Phi) is 7.95. The molecule has 1 N–H and O–H groups in total. The highest BCUT2D eigenvalue weighted by atomic mass is 79.9. The number of aliphatic imine (C=N–C) groups is 1. The Morgan fingerprint density at radius 1 is 0.970 bits per heavy atom. The number of ether oxygens (including phenoxy) is 2. The fourth-order valence-corrected chi connectivity index (χ4v) is 5.22. The van der Waals surface area contributed by atoms with Crippen molar-refractivity contribution in [2.45, 2.75) is 6.61 Å². The van der Waals surface area contributed by atoms with Gasteiger partial charge in [0.1, 0.15) is 6.61 Å². The Balaban J connectivity index is 1.48. The summed E-state index contributed by atoms with van der Waals surface area (Å²) in [4.78, 5) is 17.5. The second-order valence-corrected chi connectivity index (χ2v) is 10.6. The molecule has 1 saturated heterocycles. The number of carbonyl (C=O) groups excluding carboxylic acids is 1. The number of amides is 1. The van der Waals surface area contributed by atoms with Gasteiger partial charge in [0.25, 0.3) is 5.91 Å². The number of amidine groups is 1. The Hall–Kier alpha value is -2.07. The summed E-state index contributed by atoms with van der Waals surface area (Å²) in [5, 5.41) is 3.35. The Labute approximate surface area is 221 Å². The number of carbonyl (C=O) groups is 1. The van der Waals surface area contributed by atoms with Gasteiger partial charge in [-0.15, -0.1) is 0 Å². The van der Waals surface area contributed by atoms with Gasteiger partial charge < -0.3 is 14.8 Å². The Morgan fingerprint density at radius 2 is 1.73 bits per heavy atom. The van der Waals surface area contributed by atoms with Crippen LogP contribution in [0, 0.1) is 0 Å². The van der Waals surface area contributed by atoms with E-state index in [2.05, 4.69) is 58.1 Å². The lowest BCUT2D eigenvalue weighted by Gasteiger charge is -2.12. The van der Waals surface area contributed by atoms with Crippen LogP contribution in [0.2, 0.25) is 0 Å². The highest BCUT2D eigenvalue weighted by Gasteiger charge is 2.24. The van der Waals surface area contributed by atoms with Crippen molar-refractivity contribution in [2.24, 2.45) is 4.99 Å². The van der Waals surface area contributed by atoms with Crippen molar-refractivity contribution in [2.75, 3.05) is 7.11 Å². The molecule has 1 heterocycles. The summed E-state index contributed by atoms with van der Waals surface area (Å²) in [7, 11) is 1.59. The van der Waals surface area contributed by atoms with Gasteiger partial charge >= 0.3 is 0 Å².